The lowest BCUT2D eigenvalue weighted by Gasteiger charge is -1.99. The molecule has 1 aliphatic heterocycles. The highest BCUT2D eigenvalue weighted by atomic mass is 15.2. The largest absolute Gasteiger partial charge is 0.303 e. The van der Waals surface area contributed by atoms with E-state index < -0.39 is 0 Å². The predicted octanol–water partition coefficient (Wildman–Crippen LogP) is -0.331. The van der Waals surface area contributed by atoms with E-state index in [9.17, 15) is 0 Å². The smallest absolute Gasteiger partial charge is 0.0459 e. The van der Waals surface area contributed by atoms with Crippen molar-refractivity contribution in [3.8, 4) is 0 Å². The first-order chi connectivity index (χ1) is 3.41. The highest BCUT2D eigenvalue weighted by Gasteiger charge is 2.44. The molecule has 1 aliphatic carbocycles. The fraction of sp³-hybridized carbons (Fsp3) is 1.00. The molecule has 0 aromatic rings. The first kappa shape index (κ1) is 3.87. The summed E-state index contributed by atoms with van der Waals surface area (Å²) in [5.41, 5.74) is 0.583. The Morgan fingerprint density at radius 3 is 2.43 bits per heavy atom. The summed E-state index contributed by atoms with van der Waals surface area (Å²) in [6, 6.07) is 0. The minimum absolute atomic E-state index is 0.583. The highest BCUT2D eigenvalue weighted by Crippen LogP contribution is 2.35. The van der Waals surface area contributed by atoms with Gasteiger partial charge in [-0.3, -0.25) is 5.32 Å². The summed E-state index contributed by atoms with van der Waals surface area (Å²) in [4.78, 5) is 0. The number of rotatable bonds is 0. The molecule has 7 heavy (non-hydrogen) atoms. The molecule has 1 spiro atoms. The summed E-state index contributed by atoms with van der Waals surface area (Å²) in [5, 5.41) is 6.66. The molecule has 1 saturated heterocycles. The standard InChI is InChI=1S/C5H10N2/c1-2-5(1)3-6-4-7-5/h6-7H,1-4H2. The van der Waals surface area contributed by atoms with Crippen LogP contribution < -0.4 is 10.6 Å². The first-order valence-corrected chi connectivity index (χ1v) is 2.87. The Morgan fingerprint density at radius 2 is 2.14 bits per heavy atom. The van der Waals surface area contributed by atoms with Gasteiger partial charge in [-0.1, -0.05) is 0 Å². The summed E-state index contributed by atoms with van der Waals surface area (Å²) in [5.74, 6) is 0. The second-order valence-corrected chi connectivity index (χ2v) is 2.56. The maximum absolute atomic E-state index is 3.40. The van der Waals surface area contributed by atoms with Crippen molar-refractivity contribution in [1.29, 1.82) is 0 Å². The zero-order valence-electron chi connectivity index (χ0n) is 4.33. The molecule has 0 atom stereocenters. The van der Waals surface area contributed by atoms with Gasteiger partial charge in [0, 0.05) is 18.8 Å². The number of hydrogen-bond acceptors (Lipinski definition) is 2. The van der Waals surface area contributed by atoms with E-state index >= 15 is 0 Å². The van der Waals surface area contributed by atoms with Crippen LogP contribution in [0.1, 0.15) is 12.8 Å². The Hall–Kier alpha value is -0.0800. The van der Waals surface area contributed by atoms with Gasteiger partial charge in [0.15, 0.2) is 0 Å². The van der Waals surface area contributed by atoms with E-state index in [4.69, 9.17) is 0 Å². The Bertz CT molecular complexity index is 78.1. The lowest BCUT2D eigenvalue weighted by molar-refractivity contribution is 0.630. The molecule has 2 heteroatoms. The van der Waals surface area contributed by atoms with Gasteiger partial charge in [-0.2, -0.15) is 0 Å². The summed E-state index contributed by atoms with van der Waals surface area (Å²) in [7, 11) is 0. The monoisotopic (exact) mass is 98.1 g/mol. The Kier molecular flexibility index (Phi) is 0.557. The third kappa shape index (κ3) is 0.469. The average Bonchev–Trinajstić information content (AvgIpc) is 2.15. The quantitative estimate of drug-likeness (QED) is 0.433. The van der Waals surface area contributed by atoms with Crippen molar-refractivity contribution in [2.75, 3.05) is 13.2 Å². The second kappa shape index (κ2) is 1.01. The number of nitrogens with one attached hydrogen (secondary N) is 2. The SMILES string of the molecule is C1NCC2(CC2)N1. The molecule has 1 saturated carbocycles. The maximum atomic E-state index is 3.40. The molecule has 2 N–H and O–H groups in total. The molecule has 2 rings (SSSR count). The molecule has 0 radical (unpaired) electrons. The topological polar surface area (TPSA) is 24.1 Å². The van der Waals surface area contributed by atoms with Gasteiger partial charge in [-0.15, -0.1) is 0 Å². The van der Waals surface area contributed by atoms with Crippen molar-refractivity contribution < 1.29 is 0 Å². The van der Waals surface area contributed by atoms with Crippen molar-refractivity contribution in [3.63, 3.8) is 0 Å². The van der Waals surface area contributed by atoms with Crippen molar-refractivity contribution in [3.05, 3.63) is 0 Å². The van der Waals surface area contributed by atoms with E-state index in [2.05, 4.69) is 10.6 Å². The molecule has 0 amide bonds. The van der Waals surface area contributed by atoms with Gasteiger partial charge in [-0.05, 0) is 12.8 Å². The molecule has 2 aliphatic rings. The van der Waals surface area contributed by atoms with Gasteiger partial charge < -0.3 is 5.32 Å². The van der Waals surface area contributed by atoms with Gasteiger partial charge in [0.05, 0.1) is 0 Å². The molecule has 0 unspecified atom stereocenters. The summed E-state index contributed by atoms with van der Waals surface area (Å²) in [6.07, 6.45) is 2.78. The third-order valence-corrected chi connectivity index (χ3v) is 1.91. The Labute approximate surface area is 43.3 Å². The van der Waals surface area contributed by atoms with Crippen LogP contribution in [0.25, 0.3) is 0 Å². The fourth-order valence-corrected chi connectivity index (χ4v) is 1.12. The van der Waals surface area contributed by atoms with E-state index in [0.717, 1.165) is 6.67 Å². The summed E-state index contributed by atoms with van der Waals surface area (Å²) < 4.78 is 0. The van der Waals surface area contributed by atoms with E-state index in [1.807, 2.05) is 0 Å². The van der Waals surface area contributed by atoms with Crippen LogP contribution >= 0.6 is 0 Å². The normalized spacial score (nSPS) is 34.3. The van der Waals surface area contributed by atoms with E-state index in [0.29, 0.717) is 5.54 Å². The van der Waals surface area contributed by atoms with Crippen molar-refractivity contribution in [1.82, 2.24) is 10.6 Å². The lowest BCUT2D eigenvalue weighted by atomic mass is 10.3. The molecule has 2 nitrogen and oxygen atoms in total. The van der Waals surface area contributed by atoms with Crippen molar-refractivity contribution in [2.24, 2.45) is 0 Å². The van der Waals surface area contributed by atoms with Crippen LogP contribution in [0.4, 0.5) is 0 Å². The van der Waals surface area contributed by atoms with Crippen molar-refractivity contribution in [2.45, 2.75) is 18.4 Å². The Morgan fingerprint density at radius 1 is 1.29 bits per heavy atom. The van der Waals surface area contributed by atoms with E-state index in [1.165, 1.54) is 19.4 Å². The first-order valence-electron chi connectivity index (χ1n) is 2.87. The molecular formula is C5H10N2. The summed E-state index contributed by atoms with van der Waals surface area (Å²) >= 11 is 0. The maximum Gasteiger partial charge on any atom is 0.0459 e. The van der Waals surface area contributed by atoms with Crippen LogP contribution in [0.2, 0.25) is 0 Å². The zero-order chi connectivity index (χ0) is 4.74. The van der Waals surface area contributed by atoms with Gasteiger partial charge in [0.1, 0.15) is 0 Å². The van der Waals surface area contributed by atoms with Crippen LogP contribution in [-0.4, -0.2) is 18.8 Å². The van der Waals surface area contributed by atoms with E-state index in [1.54, 1.807) is 0 Å². The third-order valence-electron chi connectivity index (χ3n) is 1.91. The number of hydrogen-bond donors (Lipinski definition) is 2. The lowest BCUT2D eigenvalue weighted by Crippen LogP contribution is -2.24. The molecule has 1 heterocycles. The van der Waals surface area contributed by atoms with Crippen LogP contribution in [0, 0.1) is 0 Å². The van der Waals surface area contributed by atoms with Gasteiger partial charge in [0.25, 0.3) is 0 Å². The molecular weight excluding hydrogens is 88.1 g/mol. The predicted molar refractivity (Wildman–Crippen MR) is 28.0 cm³/mol. The molecule has 0 aromatic heterocycles. The Balaban J connectivity index is 2.07. The molecule has 0 aromatic carbocycles. The van der Waals surface area contributed by atoms with Gasteiger partial charge >= 0.3 is 0 Å². The van der Waals surface area contributed by atoms with Crippen LogP contribution in [-0.2, 0) is 0 Å². The van der Waals surface area contributed by atoms with Crippen LogP contribution in [0.3, 0.4) is 0 Å². The highest BCUT2D eigenvalue weighted by molar-refractivity contribution is 5.06. The minimum Gasteiger partial charge on any atom is -0.303 e. The fourth-order valence-electron chi connectivity index (χ4n) is 1.12. The van der Waals surface area contributed by atoms with Gasteiger partial charge in [-0.25, -0.2) is 0 Å². The molecule has 40 valence electrons. The molecule has 2 fully saturated rings. The second-order valence-electron chi connectivity index (χ2n) is 2.56. The average molecular weight is 98.1 g/mol. The molecule has 0 bridgehead atoms. The van der Waals surface area contributed by atoms with Crippen LogP contribution in [0.15, 0.2) is 0 Å². The van der Waals surface area contributed by atoms with Crippen LogP contribution in [0.5, 0.6) is 0 Å². The van der Waals surface area contributed by atoms with Crippen molar-refractivity contribution >= 4 is 0 Å². The van der Waals surface area contributed by atoms with Gasteiger partial charge in [0.2, 0.25) is 0 Å². The summed E-state index contributed by atoms with van der Waals surface area (Å²) in [6.45, 7) is 2.23. The minimum atomic E-state index is 0.583. The zero-order valence-corrected chi connectivity index (χ0v) is 4.33. The van der Waals surface area contributed by atoms with E-state index in [-0.39, 0.29) is 0 Å².